The van der Waals surface area contributed by atoms with Crippen LogP contribution in [0.2, 0.25) is 0 Å². The Morgan fingerprint density at radius 1 is 1.22 bits per heavy atom. The van der Waals surface area contributed by atoms with Crippen LogP contribution in [0.3, 0.4) is 0 Å². The van der Waals surface area contributed by atoms with Crippen LogP contribution in [0, 0.1) is 19.8 Å². The number of nitrogens with one attached hydrogen (secondary N) is 1. The third-order valence-electron chi connectivity index (χ3n) is 4.93. The second kappa shape index (κ2) is 5.02. The first-order chi connectivity index (χ1) is 8.74. The number of hydrogen-bond donors (Lipinski definition) is 1. The fourth-order valence-electron chi connectivity index (χ4n) is 3.44. The highest BCUT2D eigenvalue weighted by molar-refractivity contribution is 5.33. The number of rotatable bonds is 3. The van der Waals surface area contributed by atoms with E-state index in [2.05, 4.69) is 42.3 Å². The number of fused-ring (bicyclic) bond motifs is 3. The fraction of sp³-hybridized carbons (Fsp3) is 0.625. The molecule has 4 rings (SSSR count). The Hall–Kier alpha value is -0.860. The van der Waals surface area contributed by atoms with E-state index in [1.807, 2.05) is 0 Å². The van der Waals surface area contributed by atoms with E-state index in [0.29, 0.717) is 6.04 Å². The third kappa shape index (κ3) is 2.32. The lowest BCUT2D eigenvalue weighted by atomic mass is 9.84. The van der Waals surface area contributed by atoms with Crippen molar-refractivity contribution < 1.29 is 0 Å². The first kappa shape index (κ1) is 12.2. The van der Waals surface area contributed by atoms with E-state index in [1.54, 1.807) is 0 Å². The highest BCUT2D eigenvalue weighted by Gasteiger charge is 2.33. The zero-order chi connectivity index (χ0) is 12.5. The van der Waals surface area contributed by atoms with Gasteiger partial charge in [0.05, 0.1) is 0 Å². The topological polar surface area (TPSA) is 15.3 Å². The smallest absolute Gasteiger partial charge is 0.0227 e. The van der Waals surface area contributed by atoms with Gasteiger partial charge in [-0.1, -0.05) is 18.2 Å². The molecule has 0 saturated carbocycles. The molecule has 98 valence electrons. The molecule has 3 aliphatic heterocycles. The van der Waals surface area contributed by atoms with E-state index in [0.717, 1.165) is 12.5 Å². The van der Waals surface area contributed by atoms with Crippen molar-refractivity contribution >= 4 is 0 Å². The van der Waals surface area contributed by atoms with Gasteiger partial charge in [-0.2, -0.15) is 0 Å². The first-order valence-electron chi connectivity index (χ1n) is 7.25. The summed E-state index contributed by atoms with van der Waals surface area (Å²) in [5.41, 5.74) is 4.32. The van der Waals surface area contributed by atoms with Crippen LogP contribution in [0.4, 0.5) is 0 Å². The Morgan fingerprint density at radius 2 is 2.00 bits per heavy atom. The second-order valence-electron chi connectivity index (χ2n) is 5.98. The average Bonchev–Trinajstić information content (AvgIpc) is 2.42. The predicted octanol–water partition coefficient (Wildman–Crippen LogP) is 2.49. The summed E-state index contributed by atoms with van der Waals surface area (Å²) in [6, 6.07) is 7.35. The molecule has 1 atom stereocenters. The molecule has 0 aromatic heterocycles. The van der Waals surface area contributed by atoms with E-state index < -0.39 is 0 Å². The Bertz CT molecular complexity index is 419. The van der Waals surface area contributed by atoms with Crippen LogP contribution < -0.4 is 5.32 Å². The molecular weight excluding hydrogens is 220 g/mol. The van der Waals surface area contributed by atoms with Crippen LogP contribution in [-0.4, -0.2) is 30.6 Å². The highest BCUT2D eigenvalue weighted by atomic mass is 15.2. The fourth-order valence-corrected chi connectivity index (χ4v) is 3.44. The van der Waals surface area contributed by atoms with Crippen molar-refractivity contribution in [2.24, 2.45) is 5.92 Å². The Balaban J connectivity index is 1.63. The van der Waals surface area contributed by atoms with Gasteiger partial charge in [-0.15, -0.1) is 0 Å². The Labute approximate surface area is 110 Å². The molecule has 1 N–H and O–H groups in total. The first-order valence-corrected chi connectivity index (χ1v) is 7.25. The van der Waals surface area contributed by atoms with Crippen molar-refractivity contribution in [1.82, 2.24) is 10.2 Å². The zero-order valence-electron chi connectivity index (χ0n) is 11.6. The van der Waals surface area contributed by atoms with E-state index in [-0.39, 0.29) is 0 Å². The predicted molar refractivity (Wildman–Crippen MR) is 75.7 cm³/mol. The summed E-state index contributed by atoms with van der Waals surface area (Å²) in [5, 5.41) is 3.80. The van der Waals surface area contributed by atoms with Crippen LogP contribution >= 0.6 is 0 Å². The summed E-state index contributed by atoms with van der Waals surface area (Å²) in [5.74, 6) is 0.917. The number of nitrogens with zero attached hydrogens (tertiary/aromatic N) is 1. The summed E-state index contributed by atoms with van der Waals surface area (Å²) < 4.78 is 0. The van der Waals surface area contributed by atoms with Crippen molar-refractivity contribution in [3.05, 3.63) is 34.9 Å². The van der Waals surface area contributed by atoms with Crippen LogP contribution in [-0.2, 0) is 6.54 Å². The van der Waals surface area contributed by atoms with E-state index in [1.165, 1.54) is 49.2 Å². The molecule has 3 saturated heterocycles. The van der Waals surface area contributed by atoms with Gasteiger partial charge in [0.25, 0.3) is 0 Å². The summed E-state index contributed by atoms with van der Waals surface area (Å²) >= 11 is 0. The molecule has 18 heavy (non-hydrogen) atoms. The summed E-state index contributed by atoms with van der Waals surface area (Å²) in [6.45, 7) is 9.38. The summed E-state index contributed by atoms with van der Waals surface area (Å²) in [4.78, 5) is 2.61. The lowest BCUT2D eigenvalue weighted by Crippen LogP contribution is -2.55. The van der Waals surface area contributed by atoms with Crippen molar-refractivity contribution in [1.29, 1.82) is 0 Å². The summed E-state index contributed by atoms with van der Waals surface area (Å²) in [7, 11) is 0. The molecule has 0 amide bonds. The van der Waals surface area contributed by atoms with Gasteiger partial charge >= 0.3 is 0 Å². The molecule has 3 heterocycles. The van der Waals surface area contributed by atoms with Gasteiger partial charge in [0, 0.05) is 19.1 Å². The van der Waals surface area contributed by atoms with Crippen LogP contribution in [0.25, 0.3) is 0 Å². The normalized spacial score (nSPS) is 30.7. The van der Waals surface area contributed by atoms with Gasteiger partial charge in [0.1, 0.15) is 0 Å². The van der Waals surface area contributed by atoms with Gasteiger partial charge in [-0.25, -0.2) is 0 Å². The molecule has 2 heteroatoms. The van der Waals surface area contributed by atoms with Crippen LogP contribution in [0.5, 0.6) is 0 Å². The van der Waals surface area contributed by atoms with Gasteiger partial charge in [0.2, 0.25) is 0 Å². The van der Waals surface area contributed by atoms with E-state index in [4.69, 9.17) is 0 Å². The van der Waals surface area contributed by atoms with Crippen LogP contribution in [0.1, 0.15) is 29.5 Å². The maximum absolute atomic E-state index is 3.80. The van der Waals surface area contributed by atoms with Crippen molar-refractivity contribution in [2.75, 3.05) is 19.6 Å². The highest BCUT2D eigenvalue weighted by Crippen LogP contribution is 2.27. The van der Waals surface area contributed by atoms with Crippen LogP contribution in [0.15, 0.2) is 18.2 Å². The monoisotopic (exact) mass is 244 g/mol. The molecular formula is C16H24N2. The molecule has 0 aliphatic carbocycles. The average molecular weight is 244 g/mol. The number of piperidine rings is 3. The van der Waals surface area contributed by atoms with Crippen molar-refractivity contribution in [3.63, 3.8) is 0 Å². The molecule has 0 radical (unpaired) electrons. The Kier molecular flexibility index (Phi) is 3.40. The summed E-state index contributed by atoms with van der Waals surface area (Å²) in [6.07, 6.45) is 2.79. The van der Waals surface area contributed by atoms with Gasteiger partial charge < -0.3 is 10.2 Å². The number of aryl methyl sites for hydroxylation is 1. The number of benzene rings is 1. The van der Waals surface area contributed by atoms with E-state index in [9.17, 15) is 0 Å². The minimum absolute atomic E-state index is 0.715. The minimum atomic E-state index is 0.715. The molecule has 1 aromatic carbocycles. The van der Waals surface area contributed by atoms with Gasteiger partial charge in [0.15, 0.2) is 0 Å². The molecule has 1 unspecified atom stereocenters. The maximum atomic E-state index is 3.80. The molecule has 1 aromatic rings. The van der Waals surface area contributed by atoms with E-state index >= 15 is 0 Å². The number of hydrogen-bond acceptors (Lipinski definition) is 2. The van der Waals surface area contributed by atoms with Gasteiger partial charge in [-0.3, -0.25) is 0 Å². The van der Waals surface area contributed by atoms with Gasteiger partial charge in [-0.05, 0) is 62.4 Å². The van der Waals surface area contributed by atoms with Crippen molar-refractivity contribution in [3.8, 4) is 0 Å². The largest absolute Gasteiger partial charge is 0.308 e. The zero-order valence-corrected chi connectivity index (χ0v) is 11.6. The lowest BCUT2D eigenvalue weighted by Gasteiger charge is -2.45. The Morgan fingerprint density at radius 3 is 2.67 bits per heavy atom. The minimum Gasteiger partial charge on any atom is -0.308 e. The maximum Gasteiger partial charge on any atom is 0.0227 e. The lowest BCUT2D eigenvalue weighted by molar-refractivity contribution is 0.0720. The molecule has 2 bridgehead atoms. The second-order valence-corrected chi connectivity index (χ2v) is 5.98. The molecule has 0 spiro atoms. The standard InChI is InChI=1S/C16H24N2/c1-12-4-3-5-15(13(12)2)10-17-16-11-18-8-6-14(16)7-9-18/h3-5,14,16-17H,6-11H2,1-2H3. The quantitative estimate of drug-likeness (QED) is 0.879. The SMILES string of the molecule is Cc1cccc(CNC2CN3CCC2CC3)c1C. The third-order valence-corrected chi connectivity index (χ3v) is 4.93. The molecule has 2 nitrogen and oxygen atoms in total. The molecule has 3 aliphatic rings. The van der Waals surface area contributed by atoms with Crippen molar-refractivity contribution in [2.45, 2.75) is 39.3 Å². The molecule has 3 fully saturated rings.